The number of aliphatic hydroxyl groups excluding tert-OH is 1. The summed E-state index contributed by atoms with van der Waals surface area (Å²) in [5.41, 5.74) is 1.71. The Labute approximate surface area is 322 Å². The summed E-state index contributed by atoms with van der Waals surface area (Å²) in [4.78, 5) is 72.5. The van der Waals surface area contributed by atoms with Crippen LogP contribution in [-0.4, -0.2) is 147 Å². The lowest BCUT2D eigenvalue weighted by atomic mass is 9.93. The number of allylic oxidation sites excluding steroid dienone is 1. The Bertz CT molecular complexity index is 1380. The van der Waals surface area contributed by atoms with Crippen LogP contribution in [0, 0.1) is 11.8 Å². The number of likely N-dealkylation sites (N-methyl/N-ethyl adjacent to an activating group) is 2. The van der Waals surface area contributed by atoms with Crippen molar-refractivity contribution in [2.45, 2.75) is 103 Å². The largest absolute Gasteiger partial charge is 0.396 e. The third-order valence-corrected chi connectivity index (χ3v) is 10.4. The molecule has 1 aliphatic rings. The molecule has 0 spiro atoms. The number of hydrogen-bond acceptors (Lipinski definition) is 9. The third-order valence-electron chi connectivity index (χ3n) is 10.4. The molecular weight excluding hydrogens is 692 g/mol. The lowest BCUT2D eigenvalue weighted by Crippen LogP contribution is -2.55. The quantitative estimate of drug-likeness (QED) is 0.102. The van der Waals surface area contributed by atoms with Crippen molar-refractivity contribution in [1.29, 1.82) is 0 Å². The Morgan fingerprint density at radius 2 is 1.63 bits per heavy atom. The fourth-order valence-electron chi connectivity index (χ4n) is 7.38. The molecule has 1 aromatic carbocycles. The molecule has 14 nitrogen and oxygen atoms in total. The molecule has 1 heterocycles. The van der Waals surface area contributed by atoms with Gasteiger partial charge in [0, 0.05) is 47.4 Å². The topological polar surface area (TPSA) is 170 Å². The van der Waals surface area contributed by atoms with Gasteiger partial charge < -0.3 is 40.3 Å². The predicted molar refractivity (Wildman–Crippen MR) is 208 cm³/mol. The summed E-state index contributed by atoms with van der Waals surface area (Å²) in [6, 6.07) is 7.15. The summed E-state index contributed by atoms with van der Waals surface area (Å²) < 4.78 is 11.8. The van der Waals surface area contributed by atoms with Gasteiger partial charge in [0.05, 0.1) is 49.2 Å². The first kappa shape index (κ1) is 46.3. The SMILES string of the molecule is C/C=C(/C)[C@@H]([C@@H](CC(=O)N1CCC[C@H]1[C@H](OC)[C@@H](C)C(=O)N[C@@H](Cc1ccccc1)C(=O)NCCCO)OC)N(C)C(=O)CNC(=O)[C@H](C(C)C)N(C)C. The number of rotatable bonds is 22. The van der Waals surface area contributed by atoms with Gasteiger partial charge in [-0.2, -0.15) is 0 Å². The van der Waals surface area contributed by atoms with E-state index in [1.165, 1.54) is 19.1 Å². The molecule has 304 valence electrons. The van der Waals surface area contributed by atoms with Crippen molar-refractivity contribution in [2.75, 3.05) is 61.6 Å². The first-order chi connectivity index (χ1) is 25.6. The molecule has 54 heavy (non-hydrogen) atoms. The summed E-state index contributed by atoms with van der Waals surface area (Å²) in [6.45, 7) is 9.84. The van der Waals surface area contributed by atoms with Gasteiger partial charge in [-0.1, -0.05) is 62.8 Å². The molecule has 2 rings (SSSR count). The van der Waals surface area contributed by atoms with E-state index in [1.807, 2.05) is 83.1 Å². The second-order valence-electron chi connectivity index (χ2n) is 14.7. The van der Waals surface area contributed by atoms with Crippen molar-refractivity contribution in [3.63, 3.8) is 0 Å². The molecule has 0 aliphatic carbocycles. The summed E-state index contributed by atoms with van der Waals surface area (Å²) >= 11 is 0. The average Bonchev–Trinajstić information content (AvgIpc) is 3.63. The Kier molecular flexibility index (Phi) is 19.9. The molecule has 7 atom stereocenters. The van der Waals surface area contributed by atoms with E-state index in [9.17, 15) is 29.1 Å². The van der Waals surface area contributed by atoms with Gasteiger partial charge in [-0.05, 0) is 58.7 Å². The first-order valence-corrected chi connectivity index (χ1v) is 19.0. The molecule has 1 aromatic rings. The van der Waals surface area contributed by atoms with Crippen LogP contribution < -0.4 is 16.0 Å². The highest BCUT2D eigenvalue weighted by Crippen LogP contribution is 2.29. The Hall–Kier alpha value is -3.85. The van der Waals surface area contributed by atoms with Crippen molar-refractivity contribution >= 4 is 29.5 Å². The van der Waals surface area contributed by atoms with Crippen LogP contribution in [0.4, 0.5) is 0 Å². The van der Waals surface area contributed by atoms with Crippen molar-refractivity contribution in [3.8, 4) is 0 Å². The van der Waals surface area contributed by atoms with Crippen molar-refractivity contribution in [1.82, 2.24) is 30.7 Å². The number of ether oxygens (including phenoxy) is 2. The fraction of sp³-hybridized carbons (Fsp3) is 0.675. The van der Waals surface area contributed by atoms with Gasteiger partial charge in [0.2, 0.25) is 29.5 Å². The van der Waals surface area contributed by atoms with Crippen LogP contribution in [0.25, 0.3) is 0 Å². The number of benzene rings is 1. The monoisotopic (exact) mass is 758 g/mol. The molecule has 4 N–H and O–H groups in total. The number of aliphatic hydroxyl groups is 1. The predicted octanol–water partition coefficient (Wildman–Crippen LogP) is 1.76. The van der Waals surface area contributed by atoms with Gasteiger partial charge in [-0.15, -0.1) is 0 Å². The van der Waals surface area contributed by atoms with E-state index in [4.69, 9.17) is 9.47 Å². The van der Waals surface area contributed by atoms with Gasteiger partial charge >= 0.3 is 0 Å². The summed E-state index contributed by atoms with van der Waals surface area (Å²) in [5.74, 6) is -2.15. The van der Waals surface area contributed by atoms with Crippen LogP contribution >= 0.6 is 0 Å². The number of hydrogen-bond donors (Lipinski definition) is 4. The number of likely N-dealkylation sites (tertiary alicyclic amines) is 1. The highest BCUT2D eigenvalue weighted by molar-refractivity contribution is 5.89. The van der Waals surface area contributed by atoms with Gasteiger partial charge in [-0.3, -0.25) is 28.9 Å². The number of carbonyl (C=O) groups is 5. The fourth-order valence-corrected chi connectivity index (χ4v) is 7.38. The molecule has 0 aromatic heterocycles. The van der Waals surface area contributed by atoms with Gasteiger partial charge in [0.1, 0.15) is 6.04 Å². The van der Waals surface area contributed by atoms with E-state index < -0.39 is 42.3 Å². The standard InChI is InChI=1S/C40H66N6O8/c1-11-27(4)36(45(8)34(49)25-42-40(52)35(26(2)3)44(6)7)32(53-9)24-33(48)46-21-15-19-31(46)37(54-10)28(5)38(50)43-30(39(51)41-20-16-22-47)23-29-17-13-12-14-18-29/h11-14,17-18,26,28,30-32,35-37,47H,15-16,19-25H2,1-10H3,(H,41,51)(H,42,52)(H,43,50)/b27-11-/t28-,30+,31+,32-,35+,36+,37-/m1/s1. The van der Waals surface area contributed by atoms with Crippen LogP contribution in [0.2, 0.25) is 0 Å². The maximum atomic E-state index is 14.1. The van der Waals surface area contributed by atoms with E-state index in [0.717, 1.165) is 11.1 Å². The maximum Gasteiger partial charge on any atom is 0.242 e. The normalized spacial score (nSPS) is 18.1. The second-order valence-corrected chi connectivity index (χ2v) is 14.7. The van der Waals surface area contributed by atoms with E-state index in [0.29, 0.717) is 25.8 Å². The second kappa shape index (κ2) is 23.2. The smallest absolute Gasteiger partial charge is 0.242 e. The van der Waals surface area contributed by atoms with Crippen LogP contribution in [0.5, 0.6) is 0 Å². The lowest BCUT2D eigenvalue weighted by Gasteiger charge is -2.37. The minimum absolute atomic E-state index is 0.0347. The Morgan fingerprint density at radius 3 is 2.19 bits per heavy atom. The van der Waals surface area contributed by atoms with Gasteiger partial charge in [-0.25, -0.2) is 0 Å². The zero-order valence-electron chi connectivity index (χ0n) is 34.1. The molecule has 5 amide bonds. The molecule has 14 heteroatoms. The molecule has 1 saturated heterocycles. The first-order valence-electron chi connectivity index (χ1n) is 19.0. The minimum Gasteiger partial charge on any atom is -0.396 e. The Balaban J connectivity index is 2.21. The molecule has 1 fully saturated rings. The zero-order chi connectivity index (χ0) is 40.5. The third kappa shape index (κ3) is 13.2. The number of methoxy groups -OCH3 is 2. The van der Waals surface area contributed by atoms with Crippen LogP contribution in [0.1, 0.15) is 65.9 Å². The molecular formula is C40H66N6O8. The van der Waals surface area contributed by atoms with Crippen LogP contribution in [-0.2, 0) is 39.9 Å². The summed E-state index contributed by atoms with van der Waals surface area (Å²) in [6.07, 6.45) is 2.49. The van der Waals surface area contributed by atoms with Gasteiger partial charge in [0.15, 0.2) is 0 Å². The van der Waals surface area contributed by atoms with Crippen LogP contribution in [0.15, 0.2) is 42.0 Å². The summed E-state index contributed by atoms with van der Waals surface area (Å²) in [5, 5.41) is 17.7. The summed E-state index contributed by atoms with van der Waals surface area (Å²) in [7, 11) is 8.32. The minimum atomic E-state index is -0.855. The number of nitrogens with zero attached hydrogens (tertiary/aromatic N) is 3. The Morgan fingerprint density at radius 1 is 0.963 bits per heavy atom. The molecule has 0 saturated carbocycles. The van der Waals surface area contributed by atoms with E-state index in [1.54, 1.807) is 18.9 Å². The van der Waals surface area contributed by atoms with Gasteiger partial charge in [0.25, 0.3) is 0 Å². The zero-order valence-corrected chi connectivity index (χ0v) is 34.1. The molecule has 0 radical (unpaired) electrons. The van der Waals surface area contributed by atoms with Crippen molar-refractivity contribution in [3.05, 3.63) is 47.5 Å². The molecule has 1 aliphatic heterocycles. The van der Waals surface area contributed by atoms with Crippen LogP contribution in [0.3, 0.4) is 0 Å². The van der Waals surface area contributed by atoms with Crippen molar-refractivity contribution < 1.29 is 38.6 Å². The highest BCUT2D eigenvalue weighted by atomic mass is 16.5. The number of amides is 5. The average molecular weight is 759 g/mol. The van der Waals surface area contributed by atoms with Crippen molar-refractivity contribution in [2.24, 2.45) is 11.8 Å². The van der Waals surface area contributed by atoms with E-state index in [2.05, 4.69) is 16.0 Å². The molecule has 0 bridgehead atoms. The van der Waals surface area contributed by atoms with E-state index in [-0.39, 0.29) is 68.0 Å². The highest BCUT2D eigenvalue weighted by Gasteiger charge is 2.42. The number of carbonyl (C=O) groups excluding carboxylic acids is 5. The number of nitrogens with one attached hydrogen (secondary N) is 3. The maximum absolute atomic E-state index is 14.1. The lowest BCUT2D eigenvalue weighted by molar-refractivity contribution is -0.144. The van der Waals surface area contributed by atoms with E-state index >= 15 is 0 Å². The molecule has 0 unspecified atom stereocenters.